The van der Waals surface area contributed by atoms with E-state index < -0.39 is 12.0 Å². The van der Waals surface area contributed by atoms with Gasteiger partial charge >= 0.3 is 5.97 Å². The Hall–Kier alpha value is -3.97. The topological polar surface area (TPSA) is 65.6 Å². The van der Waals surface area contributed by atoms with Crippen LogP contribution in [0.4, 0.5) is 0 Å². The summed E-state index contributed by atoms with van der Waals surface area (Å²) in [7, 11) is 0. The van der Waals surface area contributed by atoms with Gasteiger partial charge in [0, 0.05) is 28.7 Å². The van der Waals surface area contributed by atoms with Crippen LogP contribution < -0.4 is 14.9 Å². The normalized spacial score (nSPS) is 15.5. The van der Waals surface area contributed by atoms with E-state index in [4.69, 9.17) is 9.73 Å². The smallest absolute Gasteiger partial charge is 0.338 e. The lowest BCUT2D eigenvalue weighted by atomic mass is 9.93. The molecule has 0 fully saturated rings. The molecule has 0 saturated heterocycles. The first-order chi connectivity index (χ1) is 18.8. The Morgan fingerprint density at radius 1 is 1.15 bits per heavy atom. The zero-order chi connectivity index (χ0) is 27.8. The van der Waals surface area contributed by atoms with Crippen molar-refractivity contribution in [3.8, 4) is 0 Å². The number of hydrogen-bond acceptors (Lipinski definition) is 5. The fraction of sp³-hybridized carbons (Fsp3) is 0.281. The van der Waals surface area contributed by atoms with E-state index in [1.54, 1.807) is 11.5 Å². The second kappa shape index (κ2) is 10.7. The first-order valence-electron chi connectivity index (χ1n) is 13.2. The number of ether oxygens (including phenoxy) is 1. The minimum Gasteiger partial charge on any atom is -0.463 e. The van der Waals surface area contributed by atoms with Crippen molar-refractivity contribution in [1.82, 2.24) is 9.13 Å². The molecule has 6 nitrogen and oxygen atoms in total. The number of para-hydroxylation sites is 1. The summed E-state index contributed by atoms with van der Waals surface area (Å²) in [6, 6.07) is 15.7. The molecule has 4 aromatic rings. The molecule has 39 heavy (non-hydrogen) atoms. The number of rotatable bonds is 7. The number of carbonyl (C=O) groups is 1. The van der Waals surface area contributed by atoms with Crippen molar-refractivity contribution in [2.75, 3.05) is 6.61 Å². The Morgan fingerprint density at radius 2 is 1.87 bits per heavy atom. The summed E-state index contributed by atoms with van der Waals surface area (Å²) in [5.74, 6) is -0.0800. The van der Waals surface area contributed by atoms with Crippen molar-refractivity contribution in [2.45, 2.75) is 53.1 Å². The maximum Gasteiger partial charge on any atom is 0.338 e. The fourth-order valence-corrected chi connectivity index (χ4v) is 6.33. The first-order valence-corrected chi connectivity index (χ1v) is 14.1. The molecule has 2 aromatic heterocycles. The van der Waals surface area contributed by atoms with E-state index in [-0.39, 0.29) is 12.2 Å². The second-order valence-corrected chi connectivity index (χ2v) is 11.0. The number of esters is 1. The maximum absolute atomic E-state index is 14.1. The van der Waals surface area contributed by atoms with E-state index in [0.717, 1.165) is 27.7 Å². The van der Waals surface area contributed by atoms with Crippen LogP contribution in [0.5, 0.6) is 0 Å². The van der Waals surface area contributed by atoms with Crippen molar-refractivity contribution in [1.29, 1.82) is 0 Å². The molecule has 5 rings (SSSR count). The van der Waals surface area contributed by atoms with Gasteiger partial charge in [0.05, 0.1) is 28.5 Å². The summed E-state index contributed by atoms with van der Waals surface area (Å²) in [5.41, 5.74) is 5.98. The lowest BCUT2D eigenvalue weighted by Gasteiger charge is -2.25. The monoisotopic (exact) mass is 539 g/mol. The van der Waals surface area contributed by atoms with E-state index in [1.165, 1.54) is 16.9 Å². The van der Waals surface area contributed by atoms with Crippen molar-refractivity contribution in [3.05, 3.63) is 115 Å². The Morgan fingerprint density at radius 3 is 2.54 bits per heavy atom. The largest absolute Gasteiger partial charge is 0.463 e. The van der Waals surface area contributed by atoms with Gasteiger partial charge in [-0.3, -0.25) is 9.36 Å². The number of allylic oxidation sites excluding steroid dienone is 2. The van der Waals surface area contributed by atoms with Crippen molar-refractivity contribution in [3.63, 3.8) is 0 Å². The lowest BCUT2D eigenvalue weighted by molar-refractivity contribution is -0.139. The molecule has 1 unspecified atom stereocenters. The number of fused-ring (bicyclic) bond motifs is 2. The van der Waals surface area contributed by atoms with Gasteiger partial charge in [-0.1, -0.05) is 73.7 Å². The third-order valence-corrected chi connectivity index (χ3v) is 8.29. The van der Waals surface area contributed by atoms with Crippen LogP contribution in [0.3, 0.4) is 0 Å². The van der Waals surface area contributed by atoms with Gasteiger partial charge in [-0.2, -0.15) is 0 Å². The average Bonchev–Trinajstić information content (AvgIpc) is 3.37. The zero-order valence-corrected chi connectivity index (χ0v) is 23.8. The van der Waals surface area contributed by atoms with Gasteiger partial charge in [-0.05, 0) is 50.0 Å². The molecule has 0 aliphatic carbocycles. The second-order valence-electron chi connectivity index (χ2n) is 10.0. The van der Waals surface area contributed by atoms with Crippen molar-refractivity contribution < 1.29 is 9.53 Å². The number of benzene rings is 2. The molecule has 1 aliphatic rings. The first kappa shape index (κ1) is 26.6. The predicted octanol–water partition coefficient (Wildman–Crippen LogP) is 5.37. The molecule has 3 heterocycles. The van der Waals surface area contributed by atoms with Crippen LogP contribution >= 0.6 is 11.3 Å². The van der Waals surface area contributed by atoms with E-state index in [9.17, 15) is 9.59 Å². The van der Waals surface area contributed by atoms with E-state index in [2.05, 4.69) is 56.2 Å². The predicted molar refractivity (Wildman–Crippen MR) is 158 cm³/mol. The molecule has 0 bridgehead atoms. The average molecular weight is 540 g/mol. The number of carbonyl (C=O) groups excluding carboxylic acids is 1. The van der Waals surface area contributed by atoms with Crippen LogP contribution in [0.2, 0.25) is 0 Å². The van der Waals surface area contributed by atoms with Crippen molar-refractivity contribution >= 4 is 34.3 Å². The third kappa shape index (κ3) is 4.61. The molecule has 0 radical (unpaired) electrons. The van der Waals surface area contributed by atoms with Crippen LogP contribution in [0.15, 0.2) is 82.2 Å². The highest BCUT2D eigenvalue weighted by molar-refractivity contribution is 7.07. The Kier molecular flexibility index (Phi) is 7.28. The number of nitrogens with zero attached hydrogens (tertiary/aromatic N) is 3. The lowest BCUT2D eigenvalue weighted by Crippen LogP contribution is -2.40. The summed E-state index contributed by atoms with van der Waals surface area (Å²) in [4.78, 5) is 32.5. The summed E-state index contributed by atoms with van der Waals surface area (Å²) < 4.78 is 9.85. The molecule has 1 aliphatic heterocycles. The molecule has 0 N–H and O–H groups in total. The van der Waals surface area contributed by atoms with Gasteiger partial charge in [0.2, 0.25) is 0 Å². The highest BCUT2D eigenvalue weighted by Gasteiger charge is 2.33. The van der Waals surface area contributed by atoms with Crippen LogP contribution in [0.25, 0.3) is 17.0 Å². The summed E-state index contributed by atoms with van der Waals surface area (Å²) >= 11 is 1.35. The summed E-state index contributed by atoms with van der Waals surface area (Å²) in [5, 5.41) is 1.08. The summed E-state index contributed by atoms with van der Waals surface area (Å²) in [6.45, 7) is 14.8. The van der Waals surface area contributed by atoms with Crippen molar-refractivity contribution in [2.24, 2.45) is 4.99 Å². The highest BCUT2D eigenvalue weighted by atomic mass is 32.1. The van der Waals surface area contributed by atoms with Gasteiger partial charge in [-0.15, -0.1) is 6.58 Å². The molecule has 0 amide bonds. The Bertz CT molecular complexity index is 1800. The Balaban J connectivity index is 1.75. The van der Waals surface area contributed by atoms with Crippen LogP contribution in [0.1, 0.15) is 62.0 Å². The van der Waals surface area contributed by atoms with E-state index in [0.29, 0.717) is 33.1 Å². The molecule has 200 valence electrons. The fourth-order valence-electron chi connectivity index (χ4n) is 5.31. The SMILES string of the molecule is C=CCn1c(C)c(/C=c2/sc3n(c2=O)C(c2ccc(C(C)C)cc2)C(C(=O)OCC)=C(C)N=3)c2ccccc21. The van der Waals surface area contributed by atoms with E-state index >= 15 is 0 Å². The standard InChI is InChI=1S/C32H33N3O3S/c1-7-17-34-21(6)25(24-11-9-10-12-26(24)34)18-27-30(36)35-29(23-15-13-22(14-16-23)19(3)4)28(31(37)38-8-2)20(5)33-32(35)39-27/h7,9-16,18-19,29H,1,8,17H2,2-6H3/b27-18+. The molecule has 7 heteroatoms. The minimum absolute atomic E-state index is 0.175. The molecule has 2 aromatic carbocycles. The number of thiazole rings is 1. The van der Waals surface area contributed by atoms with Gasteiger partial charge in [-0.25, -0.2) is 9.79 Å². The van der Waals surface area contributed by atoms with Crippen LogP contribution in [-0.2, 0) is 16.1 Å². The molecule has 0 saturated carbocycles. The molecular weight excluding hydrogens is 506 g/mol. The maximum atomic E-state index is 14.1. The van der Waals surface area contributed by atoms with E-state index in [1.807, 2.05) is 43.3 Å². The van der Waals surface area contributed by atoms with Crippen LogP contribution in [0, 0.1) is 6.92 Å². The quantitative estimate of drug-likeness (QED) is 0.234. The molecule has 0 spiro atoms. The number of aromatic nitrogens is 2. The van der Waals surface area contributed by atoms with Gasteiger partial charge in [0.15, 0.2) is 4.80 Å². The molecule has 1 atom stereocenters. The number of hydrogen-bond donors (Lipinski definition) is 0. The highest BCUT2D eigenvalue weighted by Crippen LogP contribution is 2.32. The zero-order valence-electron chi connectivity index (χ0n) is 23.0. The van der Waals surface area contributed by atoms with Gasteiger partial charge in [0.25, 0.3) is 5.56 Å². The van der Waals surface area contributed by atoms with Crippen LogP contribution in [-0.4, -0.2) is 21.7 Å². The molecular formula is C32H33N3O3S. The Labute approximate surface area is 231 Å². The van der Waals surface area contributed by atoms with Gasteiger partial charge in [0.1, 0.15) is 0 Å². The van der Waals surface area contributed by atoms with Gasteiger partial charge < -0.3 is 9.30 Å². The minimum atomic E-state index is -0.619. The summed E-state index contributed by atoms with van der Waals surface area (Å²) in [6.07, 6.45) is 3.84. The third-order valence-electron chi connectivity index (χ3n) is 7.30.